The van der Waals surface area contributed by atoms with Gasteiger partial charge in [0.05, 0.1) is 0 Å². The predicted molar refractivity (Wildman–Crippen MR) is 41.9 cm³/mol. The molecule has 3 atom stereocenters. The normalized spacial score (nSPS) is 37.9. The lowest BCUT2D eigenvalue weighted by molar-refractivity contribution is -0.141. The maximum Gasteiger partial charge on any atom is 0.323 e. The van der Waals surface area contributed by atoms with Crippen molar-refractivity contribution in [2.24, 2.45) is 17.6 Å². The van der Waals surface area contributed by atoms with Crippen LogP contribution in [-0.2, 0) is 9.53 Å². The molecule has 0 aromatic carbocycles. The maximum atomic E-state index is 11.0. The molecule has 1 rings (SSSR count). The van der Waals surface area contributed by atoms with Crippen molar-refractivity contribution in [1.82, 2.24) is 0 Å². The molecular formula is C8H15NO2. The highest BCUT2D eigenvalue weighted by molar-refractivity contribution is 5.78. The first-order valence-electron chi connectivity index (χ1n) is 4.00. The number of ether oxygens (including phenoxy) is 1. The van der Waals surface area contributed by atoms with Gasteiger partial charge in [-0.15, -0.1) is 0 Å². The number of nitrogens with two attached hydrogens (primary N) is 1. The fourth-order valence-electron chi connectivity index (χ4n) is 1.75. The van der Waals surface area contributed by atoms with Gasteiger partial charge >= 0.3 is 5.97 Å². The Kier molecular flexibility index (Phi) is 2.18. The van der Waals surface area contributed by atoms with Crippen molar-refractivity contribution < 1.29 is 9.53 Å². The van der Waals surface area contributed by atoms with Crippen LogP contribution < -0.4 is 5.73 Å². The van der Waals surface area contributed by atoms with Crippen LogP contribution >= 0.6 is 0 Å². The number of rotatable bonds is 1. The number of carbonyl (C=O) groups is 1. The molecule has 0 amide bonds. The Bertz CT molecular complexity index is 167. The van der Waals surface area contributed by atoms with Gasteiger partial charge in [0.15, 0.2) is 0 Å². The summed E-state index contributed by atoms with van der Waals surface area (Å²) >= 11 is 0. The maximum absolute atomic E-state index is 11.0. The molecule has 3 heteroatoms. The molecule has 11 heavy (non-hydrogen) atoms. The molecule has 2 N–H and O–H groups in total. The second-order valence-electron chi connectivity index (χ2n) is 3.49. The molecule has 64 valence electrons. The van der Waals surface area contributed by atoms with Gasteiger partial charge in [-0.1, -0.05) is 13.8 Å². The molecule has 0 saturated carbocycles. The Morgan fingerprint density at radius 2 is 2.09 bits per heavy atom. The standard InChI is InChI=1S/C8H15NO2/c1-4(2)6-5(3)11-8(10)7(6)9/h4-7H,9H2,1-3H3/t5?,6?,7-/m0/s1. The molecule has 1 saturated heterocycles. The summed E-state index contributed by atoms with van der Waals surface area (Å²) in [6, 6.07) is -0.412. The first-order chi connectivity index (χ1) is 5.04. The van der Waals surface area contributed by atoms with E-state index in [0.29, 0.717) is 5.92 Å². The topological polar surface area (TPSA) is 52.3 Å². The van der Waals surface area contributed by atoms with Crippen molar-refractivity contribution in [2.45, 2.75) is 32.9 Å². The largest absolute Gasteiger partial charge is 0.461 e. The van der Waals surface area contributed by atoms with E-state index in [1.807, 2.05) is 6.92 Å². The van der Waals surface area contributed by atoms with Crippen molar-refractivity contribution in [3.8, 4) is 0 Å². The summed E-state index contributed by atoms with van der Waals surface area (Å²) in [5.74, 6) is 0.338. The smallest absolute Gasteiger partial charge is 0.323 e. The van der Waals surface area contributed by atoms with E-state index < -0.39 is 6.04 Å². The molecule has 1 aliphatic rings. The molecule has 0 aliphatic carbocycles. The lowest BCUT2D eigenvalue weighted by Gasteiger charge is -2.19. The highest BCUT2D eigenvalue weighted by Gasteiger charge is 2.41. The van der Waals surface area contributed by atoms with Crippen LogP contribution in [0, 0.1) is 11.8 Å². The third-order valence-electron chi connectivity index (χ3n) is 2.30. The molecule has 1 fully saturated rings. The van der Waals surface area contributed by atoms with Crippen molar-refractivity contribution in [3.63, 3.8) is 0 Å². The third kappa shape index (κ3) is 1.38. The fourth-order valence-corrected chi connectivity index (χ4v) is 1.75. The monoisotopic (exact) mass is 157 g/mol. The average molecular weight is 157 g/mol. The Morgan fingerprint density at radius 3 is 2.27 bits per heavy atom. The Hall–Kier alpha value is -0.570. The van der Waals surface area contributed by atoms with E-state index in [4.69, 9.17) is 10.5 Å². The average Bonchev–Trinajstić information content (AvgIpc) is 2.07. The SMILES string of the molecule is CC(C)C1C(C)OC(=O)[C@H]1N. The third-order valence-corrected chi connectivity index (χ3v) is 2.30. The minimum atomic E-state index is -0.412. The molecular weight excluding hydrogens is 142 g/mol. The zero-order valence-corrected chi connectivity index (χ0v) is 7.20. The highest BCUT2D eigenvalue weighted by atomic mass is 16.6. The van der Waals surface area contributed by atoms with Crippen LogP contribution in [0.1, 0.15) is 20.8 Å². The van der Waals surface area contributed by atoms with Gasteiger partial charge in [-0.2, -0.15) is 0 Å². The molecule has 3 nitrogen and oxygen atoms in total. The quantitative estimate of drug-likeness (QED) is 0.565. The van der Waals surface area contributed by atoms with E-state index in [9.17, 15) is 4.79 Å². The summed E-state index contributed by atoms with van der Waals surface area (Å²) in [7, 11) is 0. The minimum absolute atomic E-state index is 0.0162. The molecule has 2 unspecified atom stereocenters. The number of carbonyl (C=O) groups excluding carboxylic acids is 1. The summed E-state index contributed by atoms with van der Waals surface area (Å²) in [6.45, 7) is 6.02. The lowest BCUT2D eigenvalue weighted by atomic mass is 9.87. The molecule has 0 bridgehead atoms. The Morgan fingerprint density at radius 1 is 1.55 bits per heavy atom. The van der Waals surface area contributed by atoms with Crippen LogP contribution in [0.4, 0.5) is 0 Å². The first-order valence-corrected chi connectivity index (χ1v) is 4.00. The number of cyclic esters (lactones) is 1. The van der Waals surface area contributed by atoms with E-state index in [1.54, 1.807) is 0 Å². The number of hydrogen-bond donors (Lipinski definition) is 1. The summed E-state index contributed by atoms with van der Waals surface area (Å²) in [4.78, 5) is 11.0. The molecule has 0 aromatic heterocycles. The first kappa shape index (κ1) is 8.53. The van der Waals surface area contributed by atoms with Gasteiger partial charge in [0.1, 0.15) is 12.1 Å². The summed E-state index contributed by atoms with van der Waals surface area (Å²) in [6.07, 6.45) is -0.0162. The van der Waals surface area contributed by atoms with Gasteiger partial charge < -0.3 is 10.5 Å². The van der Waals surface area contributed by atoms with E-state index in [-0.39, 0.29) is 18.0 Å². The van der Waals surface area contributed by atoms with Gasteiger partial charge in [0.2, 0.25) is 0 Å². The van der Waals surface area contributed by atoms with Crippen molar-refractivity contribution in [1.29, 1.82) is 0 Å². The van der Waals surface area contributed by atoms with E-state index in [0.717, 1.165) is 0 Å². The van der Waals surface area contributed by atoms with Crippen LogP contribution in [-0.4, -0.2) is 18.1 Å². The number of hydrogen-bond acceptors (Lipinski definition) is 3. The van der Waals surface area contributed by atoms with Gasteiger partial charge in [0.25, 0.3) is 0 Å². The van der Waals surface area contributed by atoms with Gasteiger partial charge in [-0.3, -0.25) is 4.79 Å². The molecule has 0 aromatic rings. The van der Waals surface area contributed by atoms with Gasteiger partial charge in [0, 0.05) is 5.92 Å². The Labute approximate surface area is 66.9 Å². The zero-order valence-electron chi connectivity index (χ0n) is 7.20. The fraction of sp³-hybridized carbons (Fsp3) is 0.875. The van der Waals surface area contributed by atoms with Gasteiger partial charge in [-0.25, -0.2) is 0 Å². The Balaban J connectivity index is 2.71. The van der Waals surface area contributed by atoms with Crippen LogP contribution in [0.2, 0.25) is 0 Å². The summed E-state index contributed by atoms with van der Waals surface area (Å²) in [5.41, 5.74) is 5.64. The van der Waals surface area contributed by atoms with Crippen LogP contribution in [0.3, 0.4) is 0 Å². The van der Waals surface area contributed by atoms with E-state index in [1.165, 1.54) is 0 Å². The van der Waals surface area contributed by atoms with Crippen LogP contribution in [0.15, 0.2) is 0 Å². The predicted octanol–water partition coefficient (Wildman–Crippen LogP) is 0.531. The lowest BCUT2D eigenvalue weighted by Crippen LogP contribution is -2.36. The molecule has 0 spiro atoms. The van der Waals surface area contributed by atoms with E-state index >= 15 is 0 Å². The zero-order chi connectivity index (χ0) is 8.59. The van der Waals surface area contributed by atoms with Crippen molar-refractivity contribution in [3.05, 3.63) is 0 Å². The van der Waals surface area contributed by atoms with Crippen LogP contribution in [0.5, 0.6) is 0 Å². The highest BCUT2D eigenvalue weighted by Crippen LogP contribution is 2.27. The van der Waals surface area contributed by atoms with E-state index in [2.05, 4.69) is 13.8 Å². The number of esters is 1. The minimum Gasteiger partial charge on any atom is -0.461 e. The second-order valence-corrected chi connectivity index (χ2v) is 3.49. The molecule has 1 heterocycles. The second kappa shape index (κ2) is 2.81. The van der Waals surface area contributed by atoms with Gasteiger partial charge in [-0.05, 0) is 12.8 Å². The molecule has 0 radical (unpaired) electrons. The van der Waals surface area contributed by atoms with Crippen molar-refractivity contribution in [2.75, 3.05) is 0 Å². The summed E-state index contributed by atoms with van der Waals surface area (Å²) < 4.78 is 4.98. The summed E-state index contributed by atoms with van der Waals surface area (Å²) in [5, 5.41) is 0. The molecule has 1 aliphatic heterocycles. The van der Waals surface area contributed by atoms with Crippen molar-refractivity contribution >= 4 is 5.97 Å². The van der Waals surface area contributed by atoms with Crippen LogP contribution in [0.25, 0.3) is 0 Å².